The summed E-state index contributed by atoms with van der Waals surface area (Å²) in [4.78, 5) is 37.1. The molecule has 1 fully saturated rings. The number of benzene rings is 3. The van der Waals surface area contributed by atoms with Crippen LogP contribution >= 0.6 is 27.5 Å². The van der Waals surface area contributed by atoms with Gasteiger partial charge in [-0.2, -0.15) is 0 Å². The molecule has 3 amide bonds. The monoisotopic (exact) mass is 526 g/mol. The maximum atomic E-state index is 12.8. The van der Waals surface area contributed by atoms with Crippen LogP contribution in [0.1, 0.15) is 21.5 Å². The number of carboxylic acids is 1. The number of aromatic carboxylic acids is 1. The summed E-state index contributed by atoms with van der Waals surface area (Å²) in [5.41, 5.74) is 2.23. The molecular weight excluding hydrogens is 512 g/mol. The molecule has 4 rings (SSSR count). The predicted molar refractivity (Wildman–Crippen MR) is 127 cm³/mol. The molecular formula is C24H16BrClN2O5. The van der Waals surface area contributed by atoms with Crippen LogP contribution in [-0.2, 0) is 11.4 Å². The lowest BCUT2D eigenvalue weighted by atomic mass is 10.1. The summed E-state index contributed by atoms with van der Waals surface area (Å²) in [5.74, 6) is -0.895. The van der Waals surface area contributed by atoms with Crippen LogP contribution in [0.4, 0.5) is 10.5 Å². The zero-order chi connectivity index (χ0) is 23.5. The molecule has 33 heavy (non-hydrogen) atoms. The van der Waals surface area contributed by atoms with Crippen LogP contribution < -0.4 is 15.0 Å². The Kier molecular flexibility index (Phi) is 6.48. The summed E-state index contributed by atoms with van der Waals surface area (Å²) in [6.07, 6.45) is 1.57. The van der Waals surface area contributed by atoms with Gasteiger partial charge in [-0.05, 0) is 75.6 Å². The first-order valence-corrected chi connectivity index (χ1v) is 10.9. The van der Waals surface area contributed by atoms with E-state index in [0.717, 1.165) is 10.5 Å². The Hall–Kier alpha value is -3.62. The minimum absolute atomic E-state index is 0.138. The van der Waals surface area contributed by atoms with Gasteiger partial charge in [-0.25, -0.2) is 14.5 Å². The van der Waals surface area contributed by atoms with Gasteiger partial charge in [-0.15, -0.1) is 0 Å². The average Bonchev–Trinajstić information content (AvgIpc) is 3.06. The second kappa shape index (κ2) is 9.48. The SMILES string of the molecule is O=C(O)c1ccc(COc2ccc(/C=C3/NC(=O)N(c4cccc(Cl)c4)C3=O)cc2Br)cc1. The standard InChI is InChI=1S/C24H16BrClN2O5/c25-19-10-15(6-9-21(19)33-13-14-4-7-16(8-5-14)23(30)31)11-20-22(29)28(24(32)27-20)18-3-1-2-17(26)12-18/h1-12H,13H2,(H,27,32)(H,30,31)/b20-11+. The summed E-state index contributed by atoms with van der Waals surface area (Å²) in [5, 5.41) is 12.0. The molecule has 3 aromatic rings. The van der Waals surface area contributed by atoms with E-state index in [0.29, 0.717) is 26.5 Å². The highest BCUT2D eigenvalue weighted by Crippen LogP contribution is 2.29. The van der Waals surface area contributed by atoms with Crippen LogP contribution in [0.2, 0.25) is 5.02 Å². The van der Waals surface area contributed by atoms with Gasteiger partial charge in [0, 0.05) is 5.02 Å². The Labute approximate surface area is 202 Å². The van der Waals surface area contributed by atoms with E-state index < -0.39 is 17.9 Å². The van der Waals surface area contributed by atoms with Gasteiger partial charge in [0.2, 0.25) is 0 Å². The minimum Gasteiger partial charge on any atom is -0.488 e. The summed E-state index contributed by atoms with van der Waals surface area (Å²) >= 11 is 9.43. The zero-order valence-corrected chi connectivity index (χ0v) is 19.3. The van der Waals surface area contributed by atoms with E-state index in [9.17, 15) is 14.4 Å². The third-order valence-corrected chi connectivity index (χ3v) is 5.66. The molecule has 3 aromatic carbocycles. The molecule has 0 unspecified atom stereocenters. The number of carbonyl (C=O) groups is 3. The molecule has 1 saturated heterocycles. The lowest BCUT2D eigenvalue weighted by Crippen LogP contribution is -2.30. The van der Waals surface area contributed by atoms with Crippen molar-refractivity contribution in [3.05, 3.63) is 98.6 Å². The van der Waals surface area contributed by atoms with Crippen molar-refractivity contribution in [2.45, 2.75) is 6.61 Å². The fraction of sp³-hybridized carbons (Fsp3) is 0.0417. The predicted octanol–water partition coefficient (Wildman–Crippen LogP) is 5.48. The lowest BCUT2D eigenvalue weighted by molar-refractivity contribution is -0.113. The van der Waals surface area contributed by atoms with Crippen LogP contribution in [0.15, 0.2) is 76.9 Å². The van der Waals surface area contributed by atoms with E-state index in [-0.39, 0.29) is 17.9 Å². The largest absolute Gasteiger partial charge is 0.488 e. The molecule has 0 atom stereocenters. The molecule has 2 N–H and O–H groups in total. The molecule has 0 bridgehead atoms. The number of hydrogen-bond donors (Lipinski definition) is 2. The third kappa shape index (κ3) is 5.08. The number of hydrogen-bond acceptors (Lipinski definition) is 4. The molecule has 0 aromatic heterocycles. The van der Waals surface area contributed by atoms with E-state index in [4.69, 9.17) is 21.4 Å². The molecule has 1 heterocycles. The number of rotatable bonds is 6. The van der Waals surface area contributed by atoms with Crippen LogP contribution in [0.5, 0.6) is 5.75 Å². The van der Waals surface area contributed by atoms with E-state index in [1.165, 1.54) is 12.1 Å². The van der Waals surface area contributed by atoms with Gasteiger partial charge in [0.05, 0.1) is 15.7 Å². The van der Waals surface area contributed by atoms with E-state index >= 15 is 0 Å². The van der Waals surface area contributed by atoms with Gasteiger partial charge < -0.3 is 15.2 Å². The second-order valence-corrected chi connectivity index (χ2v) is 8.38. The molecule has 0 aliphatic carbocycles. The third-order valence-electron chi connectivity index (χ3n) is 4.81. The number of carboxylic acid groups (broad SMARTS) is 1. The number of imide groups is 1. The van der Waals surface area contributed by atoms with Crippen molar-refractivity contribution in [3.63, 3.8) is 0 Å². The van der Waals surface area contributed by atoms with Crippen molar-refractivity contribution in [1.29, 1.82) is 0 Å². The van der Waals surface area contributed by atoms with Crippen molar-refractivity contribution in [3.8, 4) is 5.75 Å². The summed E-state index contributed by atoms with van der Waals surface area (Å²) in [6, 6.07) is 17.6. The molecule has 9 heteroatoms. The van der Waals surface area contributed by atoms with Gasteiger partial charge in [0.15, 0.2) is 0 Å². The van der Waals surface area contributed by atoms with E-state index in [1.807, 2.05) is 0 Å². The number of nitrogens with zero attached hydrogens (tertiary/aromatic N) is 1. The van der Waals surface area contributed by atoms with Gasteiger partial charge in [0.25, 0.3) is 5.91 Å². The fourth-order valence-electron chi connectivity index (χ4n) is 3.18. The summed E-state index contributed by atoms with van der Waals surface area (Å²) < 4.78 is 6.46. The second-order valence-electron chi connectivity index (χ2n) is 7.09. The van der Waals surface area contributed by atoms with Crippen LogP contribution in [0, 0.1) is 0 Å². The van der Waals surface area contributed by atoms with Crippen molar-refractivity contribution in [2.75, 3.05) is 4.90 Å². The minimum atomic E-state index is -0.984. The molecule has 1 aliphatic heterocycles. The Morgan fingerprint density at radius 3 is 2.52 bits per heavy atom. The van der Waals surface area contributed by atoms with Crippen molar-refractivity contribution >= 4 is 57.2 Å². The zero-order valence-electron chi connectivity index (χ0n) is 16.9. The molecule has 0 spiro atoms. The van der Waals surface area contributed by atoms with Crippen LogP contribution in [0.25, 0.3) is 6.08 Å². The van der Waals surface area contributed by atoms with Crippen LogP contribution in [0.3, 0.4) is 0 Å². The number of amides is 3. The smallest absolute Gasteiger partial charge is 0.335 e. The van der Waals surface area contributed by atoms with Crippen LogP contribution in [-0.4, -0.2) is 23.0 Å². The first-order chi connectivity index (χ1) is 15.8. The lowest BCUT2D eigenvalue weighted by Gasteiger charge is -2.11. The Morgan fingerprint density at radius 2 is 1.85 bits per heavy atom. The molecule has 7 nitrogen and oxygen atoms in total. The number of ether oxygens (including phenoxy) is 1. The van der Waals surface area contributed by atoms with Crippen molar-refractivity contribution in [2.24, 2.45) is 0 Å². The Morgan fingerprint density at radius 1 is 1.09 bits per heavy atom. The summed E-state index contributed by atoms with van der Waals surface area (Å²) in [6.45, 7) is 0.252. The average molecular weight is 528 g/mol. The first kappa shape index (κ1) is 22.6. The quantitative estimate of drug-likeness (QED) is 0.327. The number of nitrogens with one attached hydrogen (secondary N) is 1. The molecule has 0 radical (unpaired) electrons. The highest BCUT2D eigenvalue weighted by Gasteiger charge is 2.34. The first-order valence-electron chi connectivity index (χ1n) is 9.69. The van der Waals surface area contributed by atoms with Crippen molar-refractivity contribution in [1.82, 2.24) is 5.32 Å². The Balaban J connectivity index is 1.47. The van der Waals surface area contributed by atoms with Gasteiger partial charge in [-0.3, -0.25) is 4.79 Å². The summed E-state index contributed by atoms with van der Waals surface area (Å²) in [7, 11) is 0. The number of carbonyl (C=O) groups excluding carboxylic acids is 2. The Bertz CT molecular complexity index is 1290. The highest BCUT2D eigenvalue weighted by atomic mass is 79.9. The van der Waals surface area contributed by atoms with Crippen molar-refractivity contribution < 1.29 is 24.2 Å². The van der Waals surface area contributed by atoms with Gasteiger partial charge >= 0.3 is 12.0 Å². The van der Waals surface area contributed by atoms with Gasteiger partial charge in [0.1, 0.15) is 18.1 Å². The molecule has 0 saturated carbocycles. The number of anilines is 1. The number of urea groups is 1. The topological polar surface area (TPSA) is 95.9 Å². The maximum absolute atomic E-state index is 12.8. The maximum Gasteiger partial charge on any atom is 0.335 e. The van der Waals surface area contributed by atoms with E-state index in [1.54, 1.807) is 60.7 Å². The van der Waals surface area contributed by atoms with E-state index in [2.05, 4.69) is 21.2 Å². The van der Waals surface area contributed by atoms with Gasteiger partial charge in [-0.1, -0.05) is 35.9 Å². The number of halogens is 2. The normalized spacial score (nSPS) is 14.5. The fourth-order valence-corrected chi connectivity index (χ4v) is 3.88. The molecule has 166 valence electrons. The highest BCUT2D eigenvalue weighted by molar-refractivity contribution is 9.10. The molecule has 1 aliphatic rings.